The minimum absolute atomic E-state index is 0.182. The molecule has 0 aromatic rings. The van der Waals surface area contributed by atoms with E-state index in [4.69, 9.17) is 10.7 Å². The first-order valence-electron chi connectivity index (χ1n) is 4.28. The van der Waals surface area contributed by atoms with Gasteiger partial charge in [0.1, 0.15) is 0 Å². The third-order valence-corrected chi connectivity index (χ3v) is 4.33. The molecule has 12 heavy (non-hydrogen) atoms. The molecule has 0 aliphatic heterocycles. The molecular weight excluding hydrogens is 196 g/mol. The van der Waals surface area contributed by atoms with E-state index in [0.29, 0.717) is 0 Å². The quantitative estimate of drug-likeness (QED) is 0.655. The molecule has 0 spiro atoms. The molecule has 4 heteroatoms. The molecule has 0 aromatic carbocycles. The zero-order chi connectivity index (χ0) is 9.19. The van der Waals surface area contributed by atoms with Gasteiger partial charge in [-0.15, -0.1) is 0 Å². The van der Waals surface area contributed by atoms with Gasteiger partial charge < -0.3 is 0 Å². The summed E-state index contributed by atoms with van der Waals surface area (Å²) >= 11 is 0. The van der Waals surface area contributed by atoms with E-state index in [1.54, 1.807) is 0 Å². The molecule has 1 radical (unpaired) electrons. The van der Waals surface area contributed by atoms with Crippen LogP contribution >= 0.6 is 10.7 Å². The summed E-state index contributed by atoms with van der Waals surface area (Å²) in [7, 11) is 1.79. The molecule has 1 rings (SSSR count). The fourth-order valence-corrected chi connectivity index (χ4v) is 2.90. The van der Waals surface area contributed by atoms with E-state index >= 15 is 0 Å². The molecule has 1 atom stereocenters. The predicted molar refractivity (Wildman–Crippen MR) is 50.5 cm³/mol. The highest BCUT2D eigenvalue weighted by molar-refractivity contribution is 8.14. The fourth-order valence-electron chi connectivity index (χ4n) is 1.74. The molecule has 1 fully saturated rings. The molecule has 0 bridgehead atoms. The predicted octanol–water partition coefficient (Wildman–Crippen LogP) is 2.34. The summed E-state index contributed by atoms with van der Waals surface area (Å²) in [5.74, 6) is 0.182. The van der Waals surface area contributed by atoms with Crippen LogP contribution in [-0.4, -0.2) is 13.7 Å². The van der Waals surface area contributed by atoms with Crippen LogP contribution in [0.25, 0.3) is 0 Å². The molecule has 71 valence electrons. The topological polar surface area (TPSA) is 34.1 Å². The van der Waals surface area contributed by atoms with E-state index in [1.165, 1.54) is 6.42 Å². The molecule has 1 unspecified atom stereocenters. The van der Waals surface area contributed by atoms with Crippen LogP contribution in [0.2, 0.25) is 0 Å². The van der Waals surface area contributed by atoms with Crippen molar-refractivity contribution in [2.75, 3.05) is 0 Å². The molecule has 1 aliphatic carbocycles. The molecule has 1 aliphatic rings. The van der Waals surface area contributed by atoms with Crippen molar-refractivity contribution >= 4 is 19.7 Å². The van der Waals surface area contributed by atoms with E-state index in [-0.39, 0.29) is 5.92 Å². The zero-order valence-electron chi connectivity index (χ0n) is 7.00. The van der Waals surface area contributed by atoms with Gasteiger partial charge in [-0.2, -0.15) is 0 Å². The molecule has 0 amide bonds. The summed E-state index contributed by atoms with van der Waals surface area (Å²) in [4.78, 5) is 0. The van der Waals surface area contributed by atoms with Crippen molar-refractivity contribution in [3.63, 3.8) is 0 Å². The number of hydrogen-bond acceptors (Lipinski definition) is 2. The van der Waals surface area contributed by atoms with Crippen molar-refractivity contribution < 1.29 is 8.42 Å². The van der Waals surface area contributed by atoms with Crippen molar-refractivity contribution in [1.29, 1.82) is 0 Å². The highest BCUT2D eigenvalue weighted by Crippen LogP contribution is 2.30. The third kappa shape index (κ3) is 2.63. The Labute approximate surface area is 78.7 Å². The van der Waals surface area contributed by atoms with Gasteiger partial charge in [-0.25, -0.2) is 8.42 Å². The van der Waals surface area contributed by atoms with Gasteiger partial charge in [0, 0.05) is 10.7 Å². The van der Waals surface area contributed by atoms with Gasteiger partial charge in [-0.1, -0.05) is 19.3 Å². The van der Waals surface area contributed by atoms with Gasteiger partial charge in [0.2, 0.25) is 9.05 Å². The Bertz CT molecular complexity index is 229. The van der Waals surface area contributed by atoms with Crippen LogP contribution in [0.15, 0.2) is 0 Å². The van der Waals surface area contributed by atoms with E-state index in [1.807, 2.05) is 0 Å². The van der Waals surface area contributed by atoms with E-state index in [9.17, 15) is 8.42 Å². The van der Waals surface area contributed by atoms with E-state index in [0.717, 1.165) is 25.7 Å². The first kappa shape index (κ1) is 10.3. The van der Waals surface area contributed by atoms with Crippen LogP contribution < -0.4 is 0 Å². The Balaban J connectivity index is 2.57. The fraction of sp³-hybridized carbons (Fsp3) is 0.875. The van der Waals surface area contributed by atoms with Crippen LogP contribution in [0.4, 0.5) is 0 Å². The maximum absolute atomic E-state index is 10.9. The summed E-state index contributed by atoms with van der Waals surface area (Å²) in [6.45, 7) is 3.61. The van der Waals surface area contributed by atoms with E-state index < -0.39 is 14.3 Å². The number of hydrogen-bond donors (Lipinski definition) is 0. The summed E-state index contributed by atoms with van der Waals surface area (Å²) in [6, 6.07) is 0. The summed E-state index contributed by atoms with van der Waals surface area (Å²) in [5, 5.41) is -0.612. The Hall–Kier alpha value is 0.240. The maximum atomic E-state index is 10.9. The first-order chi connectivity index (χ1) is 5.52. The smallest absolute Gasteiger partial charge is 0.212 e. The maximum Gasteiger partial charge on any atom is 0.235 e. The summed E-state index contributed by atoms with van der Waals surface area (Å²) < 4.78 is 21.9. The van der Waals surface area contributed by atoms with Crippen LogP contribution in [0.3, 0.4) is 0 Å². The van der Waals surface area contributed by atoms with Gasteiger partial charge >= 0.3 is 0 Å². The standard InChI is InChI=1S/C8H14ClO2S/c1-7(12(9,10)11)8-5-3-2-4-6-8/h7-8H,1-6H2. The summed E-state index contributed by atoms with van der Waals surface area (Å²) in [6.07, 6.45) is 5.36. The average Bonchev–Trinajstić information content (AvgIpc) is 2.03. The summed E-state index contributed by atoms with van der Waals surface area (Å²) in [5.41, 5.74) is 0. The Morgan fingerprint density at radius 3 is 2.17 bits per heavy atom. The SMILES string of the molecule is [CH2]C(C1CCCCC1)S(=O)(=O)Cl. The lowest BCUT2D eigenvalue weighted by atomic mass is 9.87. The Kier molecular flexibility index (Phi) is 3.41. The Morgan fingerprint density at radius 1 is 1.25 bits per heavy atom. The highest BCUT2D eigenvalue weighted by atomic mass is 35.7. The normalized spacial score (nSPS) is 23.8. The monoisotopic (exact) mass is 209 g/mol. The van der Waals surface area contributed by atoms with Crippen LogP contribution in [0.1, 0.15) is 32.1 Å². The van der Waals surface area contributed by atoms with Crippen molar-refractivity contribution in [3.8, 4) is 0 Å². The number of halogens is 1. The zero-order valence-corrected chi connectivity index (χ0v) is 8.57. The van der Waals surface area contributed by atoms with Crippen LogP contribution in [0.5, 0.6) is 0 Å². The lowest BCUT2D eigenvalue weighted by molar-refractivity contribution is 0.361. The highest BCUT2D eigenvalue weighted by Gasteiger charge is 2.28. The molecular formula is C8H14ClO2S. The molecule has 0 N–H and O–H groups in total. The third-order valence-electron chi connectivity index (χ3n) is 2.54. The average molecular weight is 210 g/mol. The van der Waals surface area contributed by atoms with E-state index in [2.05, 4.69) is 6.92 Å². The second-order valence-electron chi connectivity index (χ2n) is 3.41. The molecule has 0 aromatic heterocycles. The molecule has 0 saturated heterocycles. The Morgan fingerprint density at radius 2 is 1.75 bits per heavy atom. The van der Waals surface area contributed by atoms with Crippen molar-refractivity contribution in [2.24, 2.45) is 5.92 Å². The van der Waals surface area contributed by atoms with Crippen molar-refractivity contribution in [2.45, 2.75) is 37.4 Å². The lowest BCUT2D eigenvalue weighted by Crippen LogP contribution is -2.25. The molecule has 2 nitrogen and oxygen atoms in total. The van der Waals surface area contributed by atoms with Crippen molar-refractivity contribution in [3.05, 3.63) is 6.92 Å². The van der Waals surface area contributed by atoms with Gasteiger partial charge in [-0.05, 0) is 25.7 Å². The van der Waals surface area contributed by atoms with Crippen molar-refractivity contribution in [1.82, 2.24) is 0 Å². The molecule has 1 saturated carbocycles. The van der Waals surface area contributed by atoms with Crippen LogP contribution in [0, 0.1) is 12.8 Å². The largest absolute Gasteiger partial charge is 0.235 e. The van der Waals surface area contributed by atoms with Gasteiger partial charge in [0.25, 0.3) is 0 Å². The first-order valence-corrected chi connectivity index (χ1v) is 6.65. The lowest BCUT2D eigenvalue weighted by Gasteiger charge is -2.25. The van der Waals surface area contributed by atoms with Crippen LogP contribution in [-0.2, 0) is 9.05 Å². The van der Waals surface area contributed by atoms with Gasteiger partial charge in [0.05, 0.1) is 5.25 Å². The minimum atomic E-state index is -3.44. The minimum Gasteiger partial charge on any atom is -0.212 e. The van der Waals surface area contributed by atoms with Gasteiger partial charge in [0.15, 0.2) is 0 Å². The second-order valence-corrected chi connectivity index (χ2v) is 6.26. The van der Waals surface area contributed by atoms with Gasteiger partial charge in [-0.3, -0.25) is 0 Å². The second kappa shape index (κ2) is 3.97. The number of rotatable bonds is 2. The molecule has 0 heterocycles.